The van der Waals surface area contributed by atoms with Crippen LogP contribution in [-0.2, 0) is 28.2 Å². The first-order chi connectivity index (χ1) is 13.7. The van der Waals surface area contributed by atoms with Crippen LogP contribution in [0.3, 0.4) is 0 Å². The summed E-state index contributed by atoms with van der Waals surface area (Å²) in [7, 11) is 0. The first-order valence-corrected chi connectivity index (χ1v) is 9.18. The van der Waals surface area contributed by atoms with E-state index in [0.29, 0.717) is 17.0 Å². The Bertz CT molecular complexity index is 1190. The van der Waals surface area contributed by atoms with Gasteiger partial charge in [0.15, 0.2) is 0 Å². The Morgan fingerprint density at radius 3 is 2.90 bits per heavy atom. The van der Waals surface area contributed by atoms with Crippen LogP contribution in [0.5, 0.6) is 0 Å². The number of H-pyrrole nitrogens is 1. The van der Waals surface area contributed by atoms with Crippen LogP contribution >= 0.6 is 0 Å². The third kappa shape index (κ3) is 3.46. The summed E-state index contributed by atoms with van der Waals surface area (Å²) in [5.41, 5.74) is 1.60. The van der Waals surface area contributed by atoms with E-state index in [-0.39, 0.29) is 24.7 Å². The molecule has 0 unspecified atom stereocenters. The molecular formula is C20H21N5O4. The highest BCUT2D eigenvalue weighted by atomic mass is 16.6. The molecule has 0 saturated heterocycles. The van der Waals surface area contributed by atoms with Gasteiger partial charge in [0.25, 0.3) is 5.56 Å². The molecule has 0 aromatic carbocycles. The molecule has 4 rings (SSSR count). The molecule has 0 saturated carbocycles. The predicted molar refractivity (Wildman–Crippen MR) is 107 cm³/mol. The number of nitrogens with zero attached hydrogens (tertiary/aromatic N) is 2. The molecule has 0 radical (unpaired) electrons. The normalized spacial score (nSPS) is 14.8. The van der Waals surface area contributed by atoms with Crippen molar-refractivity contribution in [1.29, 1.82) is 0 Å². The van der Waals surface area contributed by atoms with Crippen molar-refractivity contribution in [2.75, 3.05) is 5.32 Å². The van der Waals surface area contributed by atoms with E-state index in [1.165, 1.54) is 4.57 Å². The second-order valence-corrected chi connectivity index (χ2v) is 7.51. The first kappa shape index (κ1) is 18.7. The molecule has 3 aromatic rings. The van der Waals surface area contributed by atoms with Crippen molar-refractivity contribution in [3.05, 3.63) is 57.9 Å². The lowest BCUT2D eigenvalue weighted by atomic mass is 9.95. The van der Waals surface area contributed by atoms with Gasteiger partial charge in [-0.25, -0.2) is 4.79 Å². The van der Waals surface area contributed by atoms with Crippen LogP contribution in [0.4, 0.5) is 10.5 Å². The second kappa shape index (κ2) is 6.77. The third-order valence-corrected chi connectivity index (χ3v) is 4.99. The van der Waals surface area contributed by atoms with E-state index in [1.54, 1.807) is 33.0 Å². The molecule has 0 spiro atoms. The molecule has 3 aromatic heterocycles. The number of carbonyl (C=O) groups is 2. The van der Waals surface area contributed by atoms with Gasteiger partial charge in [0, 0.05) is 22.8 Å². The zero-order chi connectivity index (χ0) is 20.8. The van der Waals surface area contributed by atoms with Crippen molar-refractivity contribution in [3.8, 4) is 0 Å². The van der Waals surface area contributed by atoms with Crippen LogP contribution < -0.4 is 16.2 Å². The number of nitrogens with one attached hydrogen (secondary N) is 3. The van der Waals surface area contributed by atoms with Crippen LogP contribution in [0.15, 0.2) is 35.4 Å². The highest BCUT2D eigenvalue weighted by Gasteiger charge is 2.36. The number of hydrogen-bond acceptors (Lipinski definition) is 5. The van der Waals surface area contributed by atoms with E-state index in [2.05, 4.69) is 20.6 Å². The first-order valence-electron chi connectivity index (χ1n) is 9.18. The highest BCUT2D eigenvalue weighted by molar-refractivity contribution is 5.88. The van der Waals surface area contributed by atoms with Crippen molar-refractivity contribution < 1.29 is 14.3 Å². The smallest absolute Gasteiger partial charge is 0.412 e. The van der Waals surface area contributed by atoms with Crippen LogP contribution in [0.25, 0.3) is 10.9 Å². The minimum atomic E-state index is -0.925. The summed E-state index contributed by atoms with van der Waals surface area (Å²) in [5.74, 6) is -0.330. The van der Waals surface area contributed by atoms with Gasteiger partial charge >= 0.3 is 6.09 Å². The van der Waals surface area contributed by atoms with E-state index in [9.17, 15) is 14.4 Å². The van der Waals surface area contributed by atoms with Gasteiger partial charge in [-0.1, -0.05) is 0 Å². The Balaban J connectivity index is 1.53. The van der Waals surface area contributed by atoms with Crippen molar-refractivity contribution in [3.63, 3.8) is 0 Å². The molecule has 3 N–H and O–H groups in total. The summed E-state index contributed by atoms with van der Waals surface area (Å²) < 4.78 is 6.59. The van der Waals surface area contributed by atoms with Gasteiger partial charge in [0.1, 0.15) is 17.8 Å². The molecule has 1 aliphatic rings. The number of anilines is 1. The number of ether oxygens (including phenoxy) is 1. The molecular weight excluding hydrogens is 374 g/mol. The van der Waals surface area contributed by atoms with Gasteiger partial charge in [0.05, 0.1) is 24.0 Å². The van der Waals surface area contributed by atoms with Crippen molar-refractivity contribution >= 4 is 28.6 Å². The average Bonchev–Trinajstić information content (AvgIpc) is 3.12. The number of pyridine rings is 2. The Morgan fingerprint density at radius 2 is 2.10 bits per heavy atom. The molecule has 0 fully saturated rings. The topological polar surface area (TPSA) is 118 Å². The number of amides is 2. The number of fused-ring (bicyclic) bond motifs is 2. The maximum Gasteiger partial charge on any atom is 0.412 e. The van der Waals surface area contributed by atoms with Gasteiger partial charge in [-0.3, -0.25) is 19.9 Å². The van der Waals surface area contributed by atoms with Crippen LogP contribution in [0.2, 0.25) is 0 Å². The summed E-state index contributed by atoms with van der Waals surface area (Å²) in [5, 5.41) is 6.24. The van der Waals surface area contributed by atoms with E-state index in [4.69, 9.17) is 4.74 Å². The lowest BCUT2D eigenvalue weighted by Crippen LogP contribution is -2.41. The zero-order valence-electron chi connectivity index (χ0n) is 16.3. The fourth-order valence-corrected chi connectivity index (χ4v) is 3.46. The minimum Gasteiger partial charge on any atom is -0.438 e. The Hall–Kier alpha value is -3.62. The number of cyclic esters (lactones) is 1. The van der Waals surface area contributed by atoms with Gasteiger partial charge < -0.3 is 19.6 Å². The molecule has 9 heteroatoms. The van der Waals surface area contributed by atoms with Gasteiger partial charge in [-0.2, -0.15) is 0 Å². The van der Waals surface area contributed by atoms with E-state index in [1.807, 2.05) is 18.3 Å². The number of aryl methyl sites for hydroxylation is 1. The SMILES string of the molecule is Cc1cc2c(c(=O)n1CC(=O)NCc1cc3cc[nH]c3cn1)NC(=O)OC2(C)C. The molecule has 0 atom stereocenters. The van der Waals surface area contributed by atoms with E-state index >= 15 is 0 Å². The molecule has 1 aliphatic heterocycles. The van der Waals surface area contributed by atoms with Crippen LogP contribution in [-0.4, -0.2) is 26.5 Å². The molecule has 29 heavy (non-hydrogen) atoms. The van der Waals surface area contributed by atoms with Gasteiger partial charge in [-0.05, 0) is 39.0 Å². The summed E-state index contributed by atoms with van der Waals surface area (Å²) in [6.07, 6.45) is 2.85. The standard InChI is InChI=1S/C20H21N5O4/c1-11-6-14-17(24-19(28)29-20(14,2)3)18(27)25(11)10-16(26)23-8-13-7-12-4-5-21-15(12)9-22-13/h4-7,9,21H,8,10H2,1-3H3,(H,23,26)(H,24,28). The second-order valence-electron chi connectivity index (χ2n) is 7.51. The average molecular weight is 395 g/mol. The molecule has 0 bridgehead atoms. The number of aromatic amines is 1. The Kier molecular flexibility index (Phi) is 4.37. The predicted octanol–water partition coefficient (Wildman–Crippen LogP) is 2.15. The monoisotopic (exact) mass is 395 g/mol. The fraction of sp³-hybridized carbons (Fsp3) is 0.300. The van der Waals surface area contributed by atoms with Crippen LogP contribution in [0.1, 0.15) is 30.8 Å². The Labute approximate surface area is 166 Å². The molecule has 4 heterocycles. The molecule has 9 nitrogen and oxygen atoms in total. The minimum absolute atomic E-state index is 0.143. The maximum absolute atomic E-state index is 12.9. The lowest BCUT2D eigenvalue weighted by Gasteiger charge is -2.32. The highest BCUT2D eigenvalue weighted by Crippen LogP contribution is 2.33. The number of rotatable bonds is 4. The van der Waals surface area contributed by atoms with E-state index < -0.39 is 17.3 Å². The lowest BCUT2D eigenvalue weighted by molar-refractivity contribution is -0.121. The van der Waals surface area contributed by atoms with Crippen molar-refractivity contribution in [2.45, 2.75) is 39.5 Å². The summed E-state index contributed by atoms with van der Waals surface area (Å²) in [6, 6.07) is 5.57. The van der Waals surface area contributed by atoms with Crippen molar-refractivity contribution in [2.24, 2.45) is 0 Å². The number of carbonyl (C=O) groups excluding carboxylic acids is 2. The fourth-order valence-electron chi connectivity index (χ4n) is 3.46. The quantitative estimate of drug-likeness (QED) is 0.626. The van der Waals surface area contributed by atoms with Gasteiger partial charge in [0.2, 0.25) is 5.91 Å². The molecule has 150 valence electrons. The summed E-state index contributed by atoms with van der Waals surface area (Å²) >= 11 is 0. The maximum atomic E-state index is 12.9. The van der Waals surface area contributed by atoms with Crippen LogP contribution in [0, 0.1) is 6.92 Å². The summed E-state index contributed by atoms with van der Waals surface area (Å²) in [6.45, 7) is 5.25. The Morgan fingerprint density at radius 1 is 1.31 bits per heavy atom. The molecule has 0 aliphatic carbocycles. The zero-order valence-corrected chi connectivity index (χ0v) is 16.3. The third-order valence-electron chi connectivity index (χ3n) is 4.99. The molecule has 2 amide bonds. The van der Waals surface area contributed by atoms with Crippen molar-refractivity contribution in [1.82, 2.24) is 19.9 Å². The number of aromatic nitrogens is 3. The number of hydrogen-bond donors (Lipinski definition) is 3. The van der Waals surface area contributed by atoms with E-state index in [0.717, 1.165) is 10.9 Å². The largest absolute Gasteiger partial charge is 0.438 e. The summed E-state index contributed by atoms with van der Waals surface area (Å²) in [4.78, 5) is 44.5. The van der Waals surface area contributed by atoms with Gasteiger partial charge in [-0.15, -0.1) is 0 Å².